The number of ether oxygens (including phenoxy) is 1. The van der Waals surface area contributed by atoms with Crippen molar-refractivity contribution in [3.8, 4) is 0 Å². The lowest BCUT2D eigenvalue weighted by molar-refractivity contribution is -0.133. The Morgan fingerprint density at radius 1 is 1.39 bits per heavy atom. The second-order valence-corrected chi connectivity index (χ2v) is 7.04. The molecule has 1 aromatic rings. The van der Waals surface area contributed by atoms with Gasteiger partial charge in [-0.15, -0.1) is 5.10 Å². The van der Waals surface area contributed by atoms with Crippen molar-refractivity contribution in [3.63, 3.8) is 0 Å². The van der Waals surface area contributed by atoms with Gasteiger partial charge >= 0.3 is 0 Å². The summed E-state index contributed by atoms with van der Waals surface area (Å²) in [4.78, 5) is 16.5. The van der Waals surface area contributed by atoms with Crippen molar-refractivity contribution in [2.24, 2.45) is 13.0 Å². The number of fused-ring (bicyclic) bond motifs is 1. The highest BCUT2D eigenvalue weighted by Gasteiger charge is 2.34. The Morgan fingerprint density at radius 2 is 2.17 bits per heavy atom. The molecule has 1 fully saturated rings. The number of nitrogens with zero attached hydrogens (tertiary/aromatic N) is 5. The monoisotopic (exact) mass is 321 g/mol. The molecular formula is C16H27N5O2. The molecule has 1 aliphatic heterocycles. The Hall–Kier alpha value is -1.47. The van der Waals surface area contributed by atoms with Crippen molar-refractivity contribution in [2.45, 2.75) is 31.7 Å². The van der Waals surface area contributed by atoms with E-state index in [1.54, 1.807) is 0 Å². The van der Waals surface area contributed by atoms with Crippen molar-refractivity contribution >= 4 is 5.91 Å². The van der Waals surface area contributed by atoms with Crippen LogP contribution in [0.25, 0.3) is 0 Å². The lowest BCUT2D eigenvalue weighted by atomic mass is 9.98. The van der Waals surface area contributed by atoms with Gasteiger partial charge in [-0.05, 0) is 32.9 Å². The van der Waals surface area contributed by atoms with Gasteiger partial charge in [-0.1, -0.05) is 5.21 Å². The summed E-state index contributed by atoms with van der Waals surface area (Å²) >= 11 is 0. The molecule has 0 spiro atoms. The fourth-order valence-electron chi connectivity index (χ4n) is 3.11. The Labute approximate surface area is 137 Å². The van der Waals surface area contributed by atoms with Gasteiger partial charge in [-0.2, -0.15) is 0 Å². The zero-order chi connectivity index (χ0) is 16.4. The van der Waals surface area contributed by atoms with Crippen LogP contribution in [-0.2, 0) is 23.1 Å². The van der Waals surface area contributed by atoms with Crippen LogP contribution in [-0.4, -0.2) is 71.1 Å². The quantitative estimate of drug-likeness (QED) is 0.689. The maximum Gasteiger partial charge on any atom is 0.223 e. The van der Waals surface area contributed by atoms with Crippen LogP contribution in [0.15, 0.2) is 0 Å². The standard InChI is InChI=1S/C16H27N5O2/c1-19(2)6-7-23-11-13-9-21(15(22)8-12-4-5-12)10-14-16(13)20(3)18-17-14/h12-13H,4-11H2,1-3H3/t13-/m1/s1. The van der Waals surface area contributed by atoms with Gasteiger partial charge in [0, 0.05) is 32.5 Å². The smallest absolute Gasteiger partial charge is 0.223 e. The first-order valence-electron chi connectivity index (χ1n) is 8.43. The number of likely N-dealkylation sites (N-methyl/N-ethyl adjacent to an activating group) is 1. The zero-order valence-electron chi connectivity index (χ0n) is 14.4. The summed E-state index contributed by atoms with van der Waals surface area (Å²) < 4.78 is 7.67. The average molecular weight is 321 g/mol. The van der Waals surface area contributed by atoms with Gasteiger partial charge in [0.05, 0.1) is 25.5 Å². The van der Waals surface area contributed by atoms with E-state index in [0.717, 1.165) is 17.9 Å². The molecule has 1 aromatic heterocycles. The first-order chi connectivity index (χ1) is 11.0. The predicted octanol–water partition coefficient (Wildman–Crippen LogP) is 0.619. The van der Waals surface area contributed by atoms with Gasteiger partial charge in [0.25, 0.3) is 0 Å². The molecule has 2 aliphatic rings. The van der Waals surface area contributed by atoms with E-state index in [1.807, 2.05) is 30.7 Å². The molecule has 1 amide bonds. The Kier molecular flexibility index (Phi) is 4.96. The van der Waals surface area contributed by atoms with Gasteiger partial charge in [-0.3, -0.25) is 9.48 Å². The fraction of sp³-hybridized carbons (Fsp3) is 0.812. The normalized spacial score (nSPS) is 20.9. The minimum atomic E-state index is 0.157. The topological polar surface area (TPSA) is 63.5 Å². The molecule has 7 heteroatoms. The molecule has 3 rings (SSSR count). The van der Waals surface area contributed by atoms with Gasteiger partial charge in [-0.25, -0.2) is 0 Å². The summed E-state index contributed by atoms with van der Waals surface area (Å²) in [6.45, 7) is 3.49. The minimum Gasteiger partial charge on any atom is -0.379 e. The van der Waals surface area contributed by atoms with Crippen molar-refractivity contribution in [2.75, 3.05) is 40.4 Å². The third-order valence-electron chi connectivity index (χ3n) is 4.63. The van der Waals surface area contributed by atoms with Crippen LogP contribution in [0.4, 0.5) is 0 Å². The van der Waals surface area contributed by atoms with E-state index in [4.69, 9.17) is 4.74 Å². The number of carbonyl (C=O) groups excluding carboxylic acids is 1. The third-order valence-corrected chi connectivity index (χ3v) is 4.63. The van der Waals surface area contributed by atoms with Crippen LogP contribution < -0.4 is 0 Å². The molecule has 1 aliphatic carbocycles. The Bertz CT molecular complexity index is 553. The van der Waals surface area contributed by atoms with E-state index in [2.05, 4.69) is 15.2 Å². The molecule has 0 unspecified atom stereocenters. The van der Waals surface area contributed by atoms with E-state index in [0.29, 0.717) is 38.6 Å². The van der Waals surface area contributed by atoms with Crippen molar-refractivity contribution in [3.05, 3.63) is 11.4 Å². The largest absolute Gasteiger partial charge is 0.379 e. The summed E-state index contributed by atoms with van der Waals surface area (Å²) in [7, 11) is 5.98. The number of rotatable bonds is 7. The lowest BCUT2D eigenvalue weighted by Crippen LogP contribution is -2.40. The van der Waals surface area contributed by atoms with Crippen LogP contribution in [0.2, 0.25) is 0 Å². The minimum absolute atomic E-state index is 0.157. The molecule has 0 saturated heterocycles. The first kappa shape index (κ1) is 16.4. The van der Waals surface area contributed by atoms with Gasteiger partial charge in [0.15, 0.2) is 0 Å². The van der Waals surface area contributed by atoms with Crippen LogP contribution in [0.1, 0.15) is 36.6 Å². The van der Waals surface area contributed by atoms with E-state index < -0.39 is 0 Å². The van der Waals surface area contributed by atoms with E-state index in [1.165, 1.54) is 12.8 Å². The number of carbonyl (C=O) groups is 1. The van der Waals surface area contributed by atoms with Gasteiger partial charge in [0.2, 0.25) is 5.91 Å². The number of aryl methyl sites for hydroxylation is 1. The molecule has 1 atom stereocenters. The Morgan fingerprint density at radius 3 is 2.87 bits per heavy atom. The molecule has 2 heterocycles. The first-order valence-corrected chi connectivity index (χ1v) is 8.43. The van der Waals surface area contributed by atoms with E-state index >= 15 is 0 Å². The summed E-state index contributed by atoms with van der Waals surface area (Å²) in [5.74, 6) is 1.02. The maximum absolute atomic E-state index is 12.5. The van der Waals surface area contributed by atoms with Crippen molar-refractivity contribution in [1.29, 1.82) is 0 Å². The molecule has 0 radical (unpaired) electrons. The number of hydrogen-bond acceptors (Lipinski definition) is 5. The summed E-state index contributed by atoms with van der Waals surface area (Å²) in [6.07, 6.45) is 3.09. The number of aromatic nitrogens is 3. The predicted molar refractivity (Wildman–Crippen MR) is 85.9 cm³/mol. The van der Waals surface area contributed by atoms with Crippen molar-refractivity contribution in [1.82, 2.24) is 24.8 Å². The van der Waals surface area contributed by atoms with Gasteiger partial charge < -0.3 is 14.5 Å². The summed E-state index contributed by atoms with van der Waals surface area (Å²) in [5.41, 5.74) is 2.04. The molecule has 7 nitrogen and oxygen atoms in total. The molecule has 0 N–H and O–H groups in total. The van der Waals surface area contributed by atoms with Crippen LogP contribution >= 0.6 is 0 Å². The number of hydrogen-bond donors (Lipinski definition) is 0. The fourth-order valence-corrected chi connectivity index (χ4v) is 3.11. The van der Waals surface area contributed by atoms with E-state index in [9.17, 15) is 4.79 Å². The SMILES string of the molecule is CN(C)CCOC[C@H]1CN(C(=O)CC2CC2)Cc2nnn(C)c21. The van der Waals surface area contributed by atoms with Crippen LogP contribution in [0.5, 0.6) is 0 Å². The zero-order valence-corrected chi connectivity index (χ0v) is 14.4. The van der Waals surface area contributed by atoms with Gasteiger partial charge in [0.1, 0.15) is 5.69 Å². The second kappa shape index (κ2) is 6.97. The van der Waals surface area contributed by atoms with Crippen LogP contribution in [0, 0.1) is 5.92 Å². The molecule has 0 bridgehead atoms. The third kappa shape index (κ3) is 4.09. The highest BCUT2D eigenvalue weighted by atomic mass is 16.5. The number of amides is 1. The Balaban J connectivity index is 1.63. The maximum atomic E-state index is 12.5. The molecular weight excluding hydrogens is 294 g/mol. The molecule has 128 valence electrons. The lowest BCUT2D eigenvalue weighted by Gasteiger charge is -2.32. The summed E-state index contributed by atoms with van der Waals surface area (Å²) in [5, 5.41) is 8.38. The van der Waals surface area contributed by atoms with Crippen LogP contribution in [0.3, 0.4) is 0 Å². The highest BCUT2D eigenvalue weighted by Crippen LogP contribution is 2.34. The second-order valence-electron chi connectivity index (χ2n) is 7.04. The summed E-state index contributed by atoms with van der Waals surface area (Å²) in [6, 6.07) is 0. The van der Waals surface area contributed by atoms with E-state index in [-0.39, 0.29) is 11.8 Å². The average Bonchev–Trinajstić information content (AvgIpc) is 3.24. The molecule has 23 heavy (non-hydrogen) atoms. The van der Waals surface area contributed by atoms with Crippen molar-refractivity contribution < 1.29 is 9.53 Å². The molecule has 1 saturated carbocycles. The molecule has 0 aromatic carbocycles. The highest BCUT2D eigenvalue weighted by molar-refractivity contribution is 5.77.